The molecule has 1 aliphatic heterocycles. The van der Waals surface area contributed by atoms with E-state index in [2.05, 4.69) is 6.92 Å². The van der Waals surface area contributed by atoms with Crippen LogP contribution in [-0.2, 0) is 10.0 Å². The monoisotopic (exact) mass is 329 g/mol. The molecular weight excluding hydrogens is 306 g/mol. The molecule has 1 aliphatic rings. The zero-order valence-electron chi connectivity index (χ0n) is 12.8. The Balaban J connectivity index is 2.35. The second-order valence-electron chi connectivity index (χ2n) is 5.96. The highest BCUT2D eigenvalue weighted by molar-refractivity contribution is 7.89. The van der Waals surface area contributed by atoms with Crippen molar-refractivity contribution in [1.82, 2.24) is 4.31 Å². The standard InChI is InChI=1S/C16H24ClNO2S/c1-3-4-10-16(13-17)11-5-12-18(16)21(19,20)15-8-6-14(2)7-9-15/h6-9H,3-5,10-13H2,1-2H3. The van der Waals surface area contributed by atoms with E-state index in [1.165, 1.54) is 0 Å². The molecule has 0 bridgehead atoms. The number of alkyl halides is 1. The maximum atomic E-state index is 13.0. The Morgan fingerprint density at radius 3 is 2.52 bits per heavy atom. The summed E-state index contributed by atoms with van der Waals surface area (Å²) in [5, 5.41) is 0. The van der Waals surface area contributed by atoms with Gasteiger partial charge in [0.15, 0.2) is 0 Å². The van der Waals surface area contributed by atoms with E-state index in [1.807, 2.05) is 19.1 Å². The largest absolute Gasteiger partial charge is 0.243 e. The molecule has 1 atom stereocenters. The van der Waals surface area contributed by atoms with Crippen LogP contribution >= 0.6 is 11.6 Å². The van der Waals surface area contributed by atoms with Gasteiger partial charge in [-0.15, -0.1) is 11.6 Å². The predicted molar refractivity (Wildman–Crippen MR) is 87.3 cm³/mol. The Morgan fingerprint density at radius 2 is 1.95 bits per heavy atom. The van der Waals surface area contributed by atoms with E-state index in [9.17, 15) is 8.42 Å². The fraction of sp³-hybridized carbons (Fsp3) is 0.625. The first-order valence-electron chi connectivity index (χ1n) is 7.62. The molecular formula is C16H24ClNO2S. The minimum atomic E-state index is -3.46. The van der Waals surface area contributed by atoms with Gasteiger partial charge in [-0.25, -0.2) is 8.42 Å². The molecule has 1 heterocycles. The quantitative estimate of drug-likeness (QED) is 0.741. The zero-order valence-corrected chi connectivity index (χ0v) is 14.4. The molecule has 2 rings (SSSR count). The van der Waals surface area contributed by atoms with Crippen molar-refractivity contribution in [3.63, 3.8) is 0 Å². The van der Waals surface area contributed by atoms with Crippen LogP contribution in [0.4, 0.5) is 0 Å². The first kappa shape index (κ1) is 16.8. The number of rotatable bonds is 6. The van der Waals surface area contributed by atoms with Gasteiger partial charge in [-0.2, -0.15) is 4.31 Å². The van der Waals surface area contributed by atoms with E-state index in [-0.39, 0.29) is 0 Å². The maximum absolute atomic E-state index is 13.0. The van der Waals surface area contributed by atoms with Crippen LogP contribution in [-0.4, -0.2) is 30.7 Å². The van der Waals surface area contributed by atoms with Crippen LogP contribution < -0.4 is 0 Å². The molecule has 21 heavy (non-hydrogen) atoms. The Hall–Kier alpha value is -0.580. The molecule has 0 saturated carbocycles. The van der Waals surface area contributed by atoms with Crippen molar-refractivity contribution in [2.45, 2.75) is 56.4 Å². The minimum Gasteiger partial charge on any atom is -0.207 e. The Bertz CT molecular complexity index is 570. The molecule has 3 nitrogen and oxygen atoms in total. The fourth-order valence-corrected chi connectivity index (χ4v) is 5.43. The van der Waals surface area contributed by atoms with Gasteiger partial charge < -0.3 is 0 Å². The molecule has 118 valence electrons. The van der Waals surface area contributed by atoms with Crippen molar-refractivity contribution in [3.8, 4) is 0 Å². The van der Waals surface area contributed by atoms with E-state index in [1.54, 1.807) is 16.4 Å². The number of benzene rings is 1. The summed E-state index contributed by atoms with van der Waals surface area (Å²) < 4.78 is 27.6. The van der Waals surface area contributed by atoms with Crippen LogP contribution in [0.1, 0.15) is 44.6 Å². The van der Waals surface area contributed by atoms with Crippen LogP contribution in [0.15, 0.2) is 29.2 Å². The highest BCUT2D eigenvalue weighted by atomic mass is 35.5. The summed E-state index contributed by atoms with van der Waals surface area (Å²) in [6.45, 7) is 4.65. The number of unbranched alkanes of at least 4 members (excludes halogenated alkanes) is 1. The van der Waals surface area contributed by atoms with Crippen molar-refractivity contribution in [2.24, 2.45) is 0 Å². The van der Waals surface area contributed by atoms with Crippen LogP contribution in [0.3, 0.4) is 0 Å². The highest BCUT2D eigenvalue weighted by Gasteiger charge is 2.46. The SMILES string of the molecule is CCCCC1(CCl)CCCN1S(=O)(=O)c1ccc(C)cc1. The molecule has 0 N–H and O–H groups in total. The Kier molecular flexibility index (Phi) is 5.33. The van der Waals surface area contributed by atoms with Crippen molar-refractivity contribution in [2.75, 3.05) is 12.4 Å². The van der Waals surface area contributed by atoms with Crippen molar-refractivity contribution >= 4 is 21.6 Å². The predicted octanol–water partition coefficient (Wildman–Crippen LogP) is 3.95. The van der Waals surface area contributed by atoms with E-state index in [0.29, 0.717) is 17.3 Å². The molecule has 1 saturated heterocycles. The van der Waals surface area contributed by atoms with Gasteiger partial charge in [0.25, 0.3) is 0 Å². The van der Waals surface area contributed by atoms with Gasteiger partial charge in [0.05, 0.1) is 4.90 Å². The third-order valence-corrected chi connectivity index (χ3v) is 6.90. The summed E-state index contributed by atoms with van der Waals surface area (Å²) >= 11 is 6.21. The molecule has 0 radical (unpaired) electrons. The molecule has 0 aliphatic carbocycles. The highest BCUT2D eigenvalue weighted by Crippen LogP contribution is 2.39. The summed E-state index contributed by atoms with van der Waals surface area (Å²) in [5.41, 5.74) is 0.659. The number of aryl methyl sites for hydroxylation is 1. The maximum Gasteiger partial charge on any atom is 0.243 e. The summed E-state index contributed by atoms with van der Waals surface area (Å²) in [6, 6.07) is 7.08. The summed E-state index contributed by atoms with van der Waals surface area (Å²) in [6.07, 6.45) is 4.66. The Morgan fingerprint density at radius 1 is 1.29 bits per heavy atom. The fourth-order valence-electron chi connectivity index (χ4n) is 3.08. The third-order valence-electron chi connectivity index (χ3n) is 4.39. The zero-order chi connectivity index (χ0) is 15.5. The van der Waals surface area contributed by atoms with Crippen LogP contribution in [0.2, 0.25) is 0 Å². The number of hydrogen-bond acceptors (Lipinski definition) is 2. The smallest absolute Gasteiger partial charge is 0.207 e. The van der Waals surface area contributed by atoms with Gasteiger partial charge in [-0.1, -0.05) is 37.5 Å². The minimum absolute atomic E-state index is 0.373. The van der Waals surface area contributed by atoms with Gasteiger partial charge in [0.2, 0.25) is 10.0 Å². The number of halogens is 1. The van der Waals surface area contributed by atoms with Gasteiger partial charge in [0.1, 0.15) is 0 Å². The molecule has 1 unspecified atom stereocenters. The molecule has 0 amide bonds. The van der Waals surface area contributed by atoms with Gasteiger partial charge in [0, 0.05) is 18.0 Å². The van der Waals surface area contributed by atoms with Crippen LogP contribution in [0.25, 0.3) is 0 Å². The third kappa shape index (κ3) is 3.27. The number of sulfonamides is 1. The number of nitrogens with zero attached hydrogens (tertiary/aromatic N) is 1. The molecule has 1 aromatic carbocycles. The van der Waals surface area contributed by atoms with Crippen LogP contribution in [0.5, 0.6) is 0 Å². The lowest BCUT2D eigenvalue weighted by Gasteiger charge is -2.36. The van der Waals surface area contributed by atoms with Gasteiger partial charge in [-0.3, -0.25) is 0 Å². The molecule has 1 aromatic rings. The van der Waals surface area contributed by atoms with Gasteiger partial charge >= 0.3 is 0 Å². The first-order valence-corrected chi connectivity index (χ1v) is 9.59. The summed E-state index contributed by atoms with van der Waals surface area (Å²) in [4.78, 5) is 0.376. The lowest BCUT2D eigenvalue weighted by molar-refractivity contribution is 0.246. The summed E-state index contributed by atoms with van der Waals surface area (Å²) in [5.74, 6) is 0.373. The Labute approximate surface area is 133 Å². The van der Waals surface area contributed by atoms with E-state index < -0.39 is 15.6 Å². The molecule has 5 heteroatoms. The van der Waals surface area contributed by atoms with Gasteiger partial charge in [-0.05, 0) is 38.3 Å². The lowest BCUT2D eigenvalue weighted by Crippen LogP contribution is -2.48. The molecule has 0 spiro atoms. The summed E-state index contributed by atoms with van der Waals surface area (Å²) in [7, 11) is -3.46. The van der Waals surface area contributed by atoms with Crippen LogP contribution in [0, 0.1) is 6.92 Å². The van der Waals surface area contributed by atoms with E-state index in [4.69, 9.17) is 11.6 Å². The normalized spacial score (nSPS) is 23.6. The van der Waals surface area contributed by atoms with Crippen molar-refractivity contribution in [3.05, 3.63) is 29.8 Å². The second kappa shape index (κ2) is 6.67. The van der Waals surface area contributed by atoms with E-state index >= 15 is 0 Å². The average Bonchev–Trinajstić information content (AvgIpc) is 2.91. The number of hydrogen-bond donors (Lipinski definition) is 0. The van der Waals surface area contributed by atoms with Crippen molar-refractivity contribution in [1.29, 1.82) is 0 Å². The topological polar surface area (TPSA) is 37.4 Å². The van der Waals surface area contributed by atoms with Crippen molar-refractivity contribution < 1.29 is 8.42 Å². The van der Waals surface area contributed by atoms with E-state index in [0.717, 1.165) is 37.7 Å². The molecule has 1 fully saturated rings. The molecule has 0 aromatic heterocycles. The first-order chi connectivity index (χ1) is 9.96. The second-order valence-corrected chi connectivity index (χ2v) is 8.08. The average molecular weight is 330 g/mol. The lowest BCUT2D eigenvalue weighted by atomic mass is 9.93.